The van der Waals surface area contributed by atoms with Gasteiger partial charge in [-0.2, -0.15) is 13.2 Å². The van der Waals surface area contributed by atoms with E-state index in [2.05, 4.69) is 0 Å². The summed E-state index contributed by atoms with van der Waals surface area (Å²) in [6.07, 6.45) is -3.50. The third-order valence-corrected chi connectivity index (χ3v) is 2.78. The number of aromatic nitrogens is 1. The van der Waals surface area contributed by atoms with Gasteiger partial charge in [0.2, 0.25) is 0 Å². The van der Waals surface area contributed by atoms with Gasteiger partial charge in [-0.15, -0.1) is 0 Å². The fourth-order valence-corrected chi connectivity index (χ4v) is 2.02. The molecule has 1 aromatic heterocycles. The third kappa shape index (κ3) is 1.93. The molecule has 0 saturated heterocycles. The Morgan fingerprint density at radius 3 is 2.56 bits per heavy atom. The second-order valence-corrected chi connectivity index (χ2v) is 3.86. The summed E-state index contributed by atoms with van der Waals surface area (Å²) in [6, 6.07) is 1.34. The average Bonchev–Trinajstić information content (AvgIpc) is 2.72. The van der Waals surface area contributed by atoms with E-state index >= 15 is 0 Å². The summed E-state index contributed by atoms with van der Waals surface area (Å²) in [7, 11) is 0. The molecule has 1 aromatic rings. The molecule has 5 nitrogen and oxygen atoms in total. The van der Waals surface area contributed by atoms with Gasteiger partial charge in [-0.1, -0.05) is 0 Å². The van der Waals surface area contributed by atoms with Crippen LogP contribution in [0.3, 0.4) is 0 Å². The molecule has 0 aromatic carbocycles. The summed E-state index contributed by atoms with van der Waals surface area (Å²) in [5, 5.41) is 9.01. The number of rotatable bonds is 1. The van der Waals surface area contributed by atoms with Crippen LogP contribution in [0.4, 0.5) is 13.2 Å². The molecule has 18 heavy (non-hydrogen) atoms. The Morgan fingerprint density at radius 1 is 1.33 bits per heavy atom. The molecule has 98 valence electrons. The van der Waals surface area contributed by atoms with Crippen molar-refractivity contribution < 1.29 is 27.9 Å². The van der Waals surface area contributed by atoms with Crippen LogP contribution < -0.4 is 0 Å². The van der Waals surface area contributed by atoms with Crippen LogP contribution in [0.15, 0.2) is 18.3 Å². The first-order chi connectivity index (χ1) is 8.32. The standard InChI is InChI=1S/C10H9F3N2O3/c11-10(12,13)9(18)15-5-4-14-3-1-2-6(14)7(15)8(16)17/h1-3,7H,4-5H2,(H,16,17). The van der Waals surface area contributed by atoms with Gasteiger partial charge in [-0.25, -0.2) is 4.79 Å². The molecule has 0 saturated carbocycles. The lowest BCUT2D eigenvalue weighted by atomic mass is 10.1. The highest BCUT2D eigenvalue weighted by Gasteiger charge is 2.48. The van der Waals surface area contributed by atoms with Gasteiger partial charge in [0.1, 0.15) is 0 Å². The van der Waals surface area contributed by atoms with Crippen LogP contribution in [0, 0.1) is 0 Å². The number of fused-ring (bicyclic) bond motifs is 1. The molecule has 2 heterocycles. The summed E-state index contributed by atoms with van der Waals surface area (Å²) < 4.78 is 38.7. The Bertz CT molecular complexity index is 495. The van der Waals surface area contributed by atoms with Crippen molar-refractivity contribution >= 4 is 11.9 Å². The fourth-order valence-electron chi connectivity index (χ4n) is 2.02. The van der Waals surface area contributed by atoms with Crippen LogP contribution in [0.1, 0.15) is 11.7 Å². The first kappa shape index (κ1) is 12.5. The SMILES string of the molecule is O=C(O)C1c2cccn2CCN1C(=O)C(F)(F)F. The molecule has 1 amide bonds. The molecule has 0 fully saturated rings. The highest BCUT2D eigenvalue weighted by molar-refractivity contribution is 5.87. The maximum absolute atomic E-state index is 12.4. The Kier molecular flexibility index (Phi) is 2.80. The number of carbonyl (C=O) groups is 2. The van der Waals surface area contributed by atoms with Gasteiger partial charge >= 0.3 is 18.1 Å². The molecule has 8 heteroatoms. The van der Waals surface area contributed by atoms with E-state index in [0.29, 0.717) is 4.90 Å². The lowest BCUT2D eigenvalue weighted by Crippen LogP contribution is -2.50. The summed E-state index contributed by atoms with van der Waals surface area (Å²) in [5.41, 5.74) is 0.173. The van der Waals surface area contributed by atoms with E-state index in [1.807, 2.05) is 0 Å². The van der Waals surface area contributed by atoms with Crippen LogP contribution in [0.2, 0.25) is 0 Å². The lowest BCUT2D eigenvalue weighted by Gasteiger charge is -2.34. The zero-order chi connectivity index (χ0) is 13.5. The van der Waals surface area contributed by atoms with Gasteiger partial charge in [0, 0.05) is 19.3 Å². The molecule has 0 aliphatic carbocycles. The molecular formula is C10H9F3N2O3. The lowest BCUT2D eigenvalue weighted by molar-refractivity contribution is -0.191. The zero-order valence-corrected chi connectivity index (χ0v) is 9.02. The Hall–Kier alpha value is -1.99. The molecule has 2 rings (SSSR count). The predicted octanol–water partition coefficient (Wildman–Crippen LogP) is 1.02. The quantitative estimate of drug-likeness (QED) is 0.821. The number of carbonyl (C=O) groups excluding carboxylic acids is 1. The van der Waals surface area contributed by atoms with Crippen molar-refractivity contribution in [3.63, 3.8) is 0 Å². The summed E-state index contributed by atoms with van der Waals surface area (Å²) in [6.45, 7) is -0.134. The van der Waals surface area contributed by atoms with Crippen molar-refractivity contribution in [2.45, 2.75) is 18.8 Å². The number of aliphatic carboxylic acids is 1. The highest BCUT2D eigenvalue weighted by Crippen LogP contribution is 2.30. The second-order valence-electron chi connectivity index (χ2n) is 3.86. The smallest absolute Gasteiger partial charge is 0.471 e. The monoisotopic (exact) mass is 262 g/mol. The number of halogens is 3. The zero-order valence-electron chi connectivity index (χ0n) is 9.02. The van der Waals surface area contributed by atoms with Crippen molar-refractivity contribution in [1.29, 1.82) is 0 Å². The van der Waals surface area contributed by atoms with Gasteiger partial charge in [-0.3, -0.25) is 4.79 Å². The maximum atomic E-state index is 12.4. The van der Waals surface area contributed by atoms with Crippen LogP contribution in [0.5, 0.6) is 0 Å². The van der Waals surface area contributed by atoms with Crippen molar-refractivity contribution in [2.24, 2.45) is 0 Å². The van der Waals surface area contributed by atoms with Crippen LogP contribution >= 0.6 is 0 Å². The minimum absolute atomic E-state index is 0.147. The van der Waals surface area contributed by atoms with Crippen molar-refractivity contribution in [2.75, 3.05) is 6.54 Å². The number of hydrogen-bond acceptors (Lipinski definition) is 2. The number of nitrogens with zero attached hydrogens (tertiary/aromatic N) is 2. The second kappa shape index (κ2) is 4.04. The van der Waals surface area contributed by atoms with E-state index in [0.717, 1.165) is 0 Å². The fraction of sp³-hybridized carbons (Fsp3) is 0.400. The van der Waals surface area contributed by atoms with Gasteiger partial charge in [0.25, 0.3) is 0 Å². The van der Waals surface area contributed by atoms with E-state index < -0.39 is 24.1 Å². The van der Waals surface area contributed by atoms with Crippen molar-refractivity contribution in [3.05, 3.63) is 24.0 Å². The number of alkyl halides is 3. The topological polar surface area (TPSA) is 62.5 Å². The van der Waals surface area contributed by atoms with Crippen LogP contribution in [-0.4, -0.2) is 39.2 Å². The molecule has 0 spiro atoms. The molecule has 1 aliphatic heterocycles. The van der Waals surface area contributed by atoms with Crippen molar-refractivity contribution in [1.82, 2.24) is 9.47 Å². The maximum Gasteiger partial charge on any atom is 0.471 e. The molecule has 0 radical (unpaired) electrons. The third-order valence-electron chi connectivity index (χ3n) is 2.78. The minimum atomic E-state index is -5.07. The highest BCUT2D eigenvalue weighted by atomic mass is 19.4. The van der Waals surface area contributed by atoms with Crippen molar-refractivity contribution in [3.8, 4) is 0 Å². The number of carboxylic acid groups (broad SMARTS) is 1. The number of carboxylic acids is 1. The first-order valence-electron chi connectivity index (χ1n) is 5.08. The molecular weight excluding hydrogens is 253 g/mol. The molecule has 1 atom stereocenters. The Balaban J connectivity index is 2.39. The van der Waals surface area contributed by atoms with Crippen LogP contribution in [0.25, 0.3) is 0 Å². The average molecular weight is 262 g/mol. The Labute approximate surface area is 99.4 Å². The summed E-state index contributed by atoms with van der Waals surface area (Å²) >= 11 is 0. The van der Waals surface area contributed by atoms with Crippen LogP contribution in [-0.2, 0) is 16.1 Å². The molecule has 1 aliphatic rings. The van der Waals surface area contributed by atoms with Gasteiger partial charge in [0.05, 0.1) is 5.69 Å². The Morgan fingerprint density at radius 2 is 2.00 bits per heavy atom. The van der Waals surface area contributed by atoms with E-state index in [9.17, 15) is 22.8 Å². The molecule has 1 unspecified atom stereocenters. The van der Waals surface area contributed by atoms with E-state index in [4.69, 9.17) is 5.11 Å². The van der Waals surface area contributed by atoms with Gasteiger partial charge in [0.15, 0.2) is 6.04 Å². The minimum Gasteiger partial charge on any atom is -0.479 e. The van der Waals surface area contributed by atoms with E-state index in [1.165, 1.54) is 16.7 Å². The summed E-state index contributed by atoms with van der Waals surface area (Å²) in [4.78, 5) is 22.6. The van der Waals surface area contributed by atoms with Gasteiger partial charge < -0.3 is 14.6 Å². The predicted molar refractivity (Wildman–Crippen MR) is 52.6 cm³/mol. The van der Waals surface area contributed by atoms with E-state index in [-0.39, 0.29) is 18.8 Å². The summed E-state index contributed by atoms with van der Waals surface area (Å²) in [5.74, 6) is -3.60. The number of hydrogen-bond donors (Lipinski definition) is 1. The molecule has 0 bridgehead atoms. The van der Waals surface area contributed by atoms with Gasteiger partial charge in [-0.05, 0) is 12.1 Å². The largest absolute Gasteiger partial charge is 0.479 e. The molecule has 1 N–H and O–H groups in total. The normalized spacial score (nSPS) is 19.5. The number of amides is 1. The van der Waals surface area contributed by atoms with E-state index in [1.54, 1.807) is 6.20 Å². The first-order valence-corrected chi connectivity index (χ1v) is 5.08.